The summed E-state index contributed by atoms with van der Waals surface area (Å²) in [6, 6.07) is 77.8. The van der Waals surface area contributed by atoms with Crippen LogP contribution in [0.15, 0.2) is 212 Å². The van der Waals surface area contributed by atoms with Crippen LogP contribution in [0.1, 0.15) is 0 Å². The van der Waals surface area contributed by atoms with Crippen molar-refractivity contribution in [2.75, 3.05) is 4.90 Å². The van der Waals surface area contributed by atoms with Gasteiger partial charge >= 0.3 is 0 Å². The van der Waals surface area contributed by atoms with Crippen LogP contribution in [0, 0.1) is 0 Å². The number of aromatic nitrogens is 2. The molecule has 0 atom stereocenters. The molecule has 9 aromatic carbocycles. The Hall–Kier alpha value is -7.62. The molecule has 0 N–H and O–H groups in total. The second-order valence-corrected chi connectivity index (χ2v) is 14.9. The van der Waals surface area contributed by atoms with Crippen LogP contribution >= 0.6 is 0 Å². The number of para-hydroxylation sites is 6. The van der Waals surface area contributed by atoms with Crippen LogP contribution in [-0.2, 0) is 0 Å². The molecule has 0 aliphatic carbocycles. The average molecular weight is 726 g/mol. The Bertz CT molecular complexity index is 3300. The Morgan fingerprint density at radius 1 is 0.281 bits per heavy atom. The van der Waals surface area contributed by atoms with E-state index >= 15 is 0 Å². The minimum atomic E-state index is 1.10. The summed E-state index contributed by atoms with van der Waals surface area (Å²) in [5.41, 5.74) is 17.5. The maximum atomic E-state index is 2.54. The highest BCUT2D eigenvalue weighted by molar-refractivity contribution is 6.17. The standard InChI is InChI=1S/C54H35N3/c1-3-17-36(18-4-1)39-26-16-32-52-54(39)56(37-19-5-2-6-20-37)50-31-14-9-23-42(50)40-21-7-8-22-41(40)45-27-15-28-46-47-35-38(33-34-51(47)57(52)53(45)46)55-48-29-12-10-24-43(48)44-25-11-13-30-49(44)55/h1-35H. The van der Waals surface area contributed by atoms with Crippen LogP contribution in [0.3, 0.4) is 0 Å². The molecule has 1 aliphatic heterocycles. The van der Waals surface area contributed by atoms with Crippen molar-refractivity contribution >= 4 is 60.7 Å². The van der Waals surface area contributed by atoms with Gasteiger partial charge in [0, 0.05) is 49.6 Å². The van der Waals surface area contributed by atoms with Crippen LogP contribution in [-0.4, -0.2) is 9.13 Å². The molecule has 2 aromatic heterocycles. The van der Waals surface area contributed by atoms with Crippen molar-refractivity contribution in [2.45, 2.75) is 0 Å². The molecule has 0 bridgehead atoms. The van der Waals surface area contributed by atoms with Crippen molar-refractivity contribution in [3.63, 3.8) is 0 Å². The van der Waals surface area contributed by atoms with E-state index in [9.17, 15) is 0 Å². The molecular formula is C54H35N3. The second kappa shape index (κ2) is 12.5. The molecular weight excluding hydrogens is 691 g/mol. The van der Waals surface area contributed by atoms with Crippen LogP contribution in [0.5, 0.6) is 0 Å². The summed E-state index contributed by atoms with van der Waals surface area (Å²) in [7, 11) is 0. The van der Waals surface area contributed by atoms with Gasteiger partial charge in [0.1, 0.15) is 0 Å². The van der Waals surface area contributed by atoms with E-state index in [0.29, 0.717) is 0 Å². The number of rotatable bonds is 3. The summed E-state index contributed by atoms with van der Waals surface area (Å²) < 4.78 is 4.97. The fourth-order valence-electron chi connectivity index (χ4n) is 9.48. The lowest BCUT2D eigenvalue weighted by Gasteiger charge is -2.33. The maximum absolute atomic E-state index is 2.54. The summed E-state index contributed by atoms with van der Waals surface area (Å²) in [5.74, 6) is 0. The van der Waals surface area contributed by atoms with Gasteiger partial charge in [-0.2, -0.15) is 0 Å². The van der Waals surface area contributed by atoms with E-state index in [-0.39, 0.29) is 0 Å². The summed E-state index contributed by atoms with van der Waals surface area (Å²) in [4.78, 5) is 2.49. The molecule has 11 aromatic rings. The molecule has 12 rings (SSSR count). The molecule has 0 radical (unpaired) electrons. The quantitative estimate of drug-likeness (QED) is 0.177. The smallest absolute Gasteiger partial charge is 0.0781 e. The molecule has 0 fully saturated rings. The Balaban J connectivity index is 1.27. The highest BCUT2D eigenvalue weighted by Crippen LogP contribution is 2.52. The number of benzene rings is 9. The third kappa shape index (κ3) is 4.66. The topological polar surface area (TPSA) is 13.1 Å². The summed E-state index contributed by atoms with van der Waals surface area (Å²) in [6.45, 7) is 0. The van der Waals surface area contributed by atoms with Gasteiger partial charge in [0.15, 0.2) is 0 Å². The van der Waals surface area contributed by atoms with Crippen molar-refractivity contribution in [2.24, 2.45) is 0 Å². The third-order valence-electron chi connectivity index (χ3n) is 11.8. The molecule has 0 saturated heterocycles. The first kappa shape index (κ1) is 31.7. The number of hydrogen-bond donors (Lipinski definition) is 0. The molecule has 3 nitrogen and oxygen atoms in total. The molecule has 0 spiro atoms. The summed E-state index contributed by atoms with van der Waals surface area (Å²) in [6.07, 6.45) is 0. The Kier molecular flexibility index (Phi) is 6.93. The molecule has 3 heterocycles. The average Bonchev–Trinajstić information content (AvgIpc) is 3.80. The minimum absolute atomic E-state index is 1.10. The van der Waals surface area contributed by atoms with Gasteiger partial charge in [-0.1, -0.05) is 158 Å². The van der Waals surface area contributed by atoms with Gasteiger partial charge < -0.3 is 14.0 Å². The molecule has 0 unspecified atom stereocenters. The van der Waals surface area contributed by atoms with Crippen molar-refractivity contribution in [3.8, 4) is 44.8 Å². The fourth-order valence-corrected chi connectivity index (χ4v) is 9.48. The first-order chi connectivity index (χ1) is 28.3. The van der Waals surface area contributed by atoms with E-state index < -0.39 is 0 Å². The number of fused-ring (bicyclic) bond motifs is 12. The van der Waals surface area contributed by atoms with E-state index in [4.69, 9.17) is 0 Å². The van der Waals surface area contributed by atoms with Crippen LogP contribution in [0.25, 0.3) is 88.4 Å². The van der Waals surface area contributed by atoms with E-state index in [1.807, 2.05) is 0 Å². The predicted molar refractivity (Wildman–Crippen MR) is 240 cm³/mol. The fraction of sp³-hybridized carbons (Fsp3) is 0. The van der Waals surface area contributed by atoms with Crippen molar-refractivity contribution in [3.05, 3.63) is 212 Å². The van der Waals surface area contributed by atoms with E-state index in [2.05, 4.69) is 226 Å². The van der Waals surface area contributed by atoms with Crippen molar-refractivity contribution in [1.29, 1.82) is 0 Å². The van der Waals surface area contributed by atoms with Gasteiger partial charge in [-0.3, -0.25) is 0 Å². The zero-order valence-electron chi connectivity index (χ0n) is 31.0. The van der Waals surface area contributed by atoms with E-state index in [1.165, 1.54) is 65.9 Å². The normalized spacial score (nSPS) is 12.2. The van der Waals surface area contributed by atoms with Crippen LogP contribution < -0.4 is 4.90 Å². The Morgan fingerprint density at radius 2 is 0.807 bits per heavy atom. The summed E-state index contributed by atoms with van der Waals surface area (Å²) >= 11 is 0. The number of hydrogen-bond acceptors (Lipinski definition) is 1. The highest BCUT2D eigenvalue weighted by atomic mass is 15.2. The first-order valence-electron chi connectivity index (χ1n) is 19.6. The Morgan fingerprint density at radius 3 is 1.56 bits per heavy atom. The van der Waals surface area contributed by atoms with Gasteiger partial charge in [-0.05, 0) is 71.3 Å². The van der Waals surface area contributed by atoms with E-state index in [1.54, 1.807) is 0 Å². The largest absolute Gasteiger partial charge is 0.309 e. The van der Waals surface area contributed by atoms with Gasteiger partial charge in [0.25, 0.3) is 0 Å². The molecule has 3 heteroatoms. The highest BCUT2D eigenvalue weighted by Gasteiger charge is 2.29. The lowest BCUT2D eigenvalue weighted by atomic mass is 9.90. The lowest BCUT2D eigenvalue weighted by Crippen LogP contribution is -2.16. The Labute approximate surface area is 330 Å². The molecule has 0 amide bonds. The van der Waals surface area contributed by atoms with Gasteiger partial charge in [-0.25, -0.2) is 0 Å². The van der Waals surface area contributed by atoms with Crippen LogP contribution in [0.4, 0.5) is 17.1 Å². The third-order valence-corrected chi connectivity index (χ3v) is 11.8. The SMILES string of the molecule is c1ccc(-c2cccc3c2N(c2ccccc2)c2ccccc2-c2ccccc2-c2cccc4c5cc(-n6c7ccccc7c7ccccc76)ccc5n-3c24)cc1. The second-order valence-electron chi connectivity index (χ2n) is 14.9. The summed E-state index contributed by atoms with van der Waals surface area (Å²) in [5, 5.41) is 4.95. The van der Waals surface area contributed by atoms with Crippen molar-refractivity contribution < 1.29 is 0 Å². The lowest BCUT2D eigenvalue weighted by molar-refractivity contribution is 1.14. The maximum Gasteiger partial charge on any atom is 0.0781 e. The van der Waals surface area contributed by atoms with Crippen molar-refractivity contribution in [1.82, 2.24) is 9.13 Å². The van der Waals surface area contributed by atoms with E-state index in [0.717, 1.165) is 39.5 Å². The number of anilines is 3. The molecule has 1 aliphatic rings. The monoisotopic (exact) mass is 725 g/mol. The zero-order chi connectivity index (χ0) is 37.5. The predicted octanol–water partition coefficient (Wildman–Crippen LogP) is 14.7. The molecule has 0 saturated carbocycles. The first-order valence-corrected chi connectivity index (χ1v) is 19.6. The van der Waals surface area contributed by atoms with Crippen LogP contribution in [0.2, 0.25) is 0 Å². The number of nitrogens with zero attached hydrogens (tertiary/aromatic N) is 3. The molecule has 57 heavy (non-hydrogen) atoms. The van der Waals surface area contributed by atoms with Gasteiger partial charge in [0.05, 0.1) is 39.1 Å². The molecule has 266 valence electrons. The van der Waals surface area contributed by atoms with Gasteiger partial charge in [0.2, 0.25) is 0 Å². The minimum Gasteiger partial charge on any atom is -0.309 e. The zero-order valence-corrected chi connectivity index (χ0v) is 31.0. The van der Waals surface area contributed by atoms with Gasteiger partial charge in [-0.15, -0.1) is 0 Å².